The first kappa shape index (κ1) is 57.1. The second-order valence-electron chi connectivity index (χ2n) is 18.9. The van der Waals surface area contributed by atoms with E-state index < -0.39 is 0 Å². The van der Waals surface area contributed by atoms with Crippen molar-refractivity contribution in [1.82, 2.24) is 29.9 Å². The molecule has 1 aliphatic heterocycles. The standard InChI is InChI=1S/2C12H13N.C8H11N.C7H10N2.C7H14O.C7H10S.C6H9NS/c1-9(2)11-8-7-10-5-3-4-6-12(10)13-11;1-9(2)12-11-6-4-3-5-10(11)7-8-13-12;1-7(2)8-5-3-4-6-9-8;1-6(2)7-3-4-8-5-9-7;1-6(2)7-3-4-8-5-7;1-6(2)7-4-3-5-8-7;1-5(2)6-7-3-4-8-6/h2*3-9H,1-2H3;3-7H,1-2H3;3-6H,1-2H3;6-7H,3-5H2,1-2H3;3-6H,1-2H3;3-5H,1-2H3. The van der Waals surface area contributed by atoms with Crippen molar-refractivity contribution in [3.8, 4) is 0 Å². The smallest absolute Gasteiger partial charge is 0.115 e. The fourth-order valence-corrected chi connectivity index (χ4v) is 7.98. The van der Waals surface area contributed by atoms with Crippen LogP contribution in [0.3, 0.4) is 0 Å². The van der Waals surface area contributed by atoms with Gasteiger partial charge in [-0.05, 0) is 101 Å². The van der Waals surface area contributed by atoms with E-state index in [1.165, 1.54) is 43.9 Å². The van der Waals surface area contributed by atoms with Gasteiger partial charge in [0.05, 0.1) is 16.2 Å². The van der Waals surface area contributed by atoms with Crippen LogP contribution in [0.2, 0.25) is 0 Å². The van der Waals surface area contributed by atoms with Crippen LogP contribution in [0.25, 0.3) is 21.7 Å². The van der Waals surface area contributed by atoms with Crippen LogP contribution in [-0.4, -0.2) is 43.1 Å². The average molecular weight is 953 g/mol. The molecule has 68 heavy (non-hydrogen) atoms. The van der Waals surface area contributed by atoms with Gasteiger partial charge in [-0.15, -0.1) is 22.7 Å². The zero-order chi connectivity index (χ0) is 49.8. The molecule has 0 spiro atoms. The fourth-order valence-electron chi connectivity index (χ4n) is 6.58. The molecule has 7 nitrogen and oxygen atoms in total. The van der Waals surface area contributed by atoms with Crippen molar-refractivity contribution in [2.24, 2.45) is 11.8 Å². The maximum absolute atomic E-state index is 5.22. The Morgan fingerprint density at radius 1 is 0.485 bits per heavy atom. The summed E-state index contributed by atoms with van der Waals surface area (Å²) in [6.45, 7) is 32.4. The third-order valence-corrected chi connectivity index (χ3v) is 13.2. The summed E-state index contributed by atoms with van der Waals surface area (Å²) in [6, 6.07) is 35.1. The van der Waals surface area contributed by atoms with Crippen molar-refractivity contribution < 1.29 is 4.74 Å². The Labute approximate surface area is 418 Å². The third kappa shape index (κ3) is 21.4. The topological polar surface area (TPSA) is 86.6 Å². The van der Waals surface area contributed by atoms with Gasteiger partial charge >= 0.3 is 0 Å². The SMILES string of the molecule is CC(C)C1CCOC1.CC(C)c1ccc2ccccc2n1.CC(C)c1ccccn1.CC(C)c1cccs1.CC(C)c1ccncn1.CC(C)c1nccc2ccccc12.CC(C)c1nccs1. The second kappa shape index (κ2) is 31.8. The summed E-state index contributed by atoms with van der Waals surface area (Å²) in [5.74, 6) is 5.01. The molecule has 9 heteroatoms. The lowest BCUT2D eigenvalue weighted by molar-refractivity contribution is 0.176. The highest BCUT2D eigenvalue weighted by Gasteiger charge is 2.18. The lowest BCUT2D eigenvalue weighted by atomic mass is 9.96. The minimum atomic E-state index is 0.492. The highest BCUT2D eigenvalue weighted by atomic mass is 32.1. The summed E-state index contributed by atoms with van der Waals surface area (Å²) in [6.07, 6.45) is 10.2. The van der Waals surface area contributed by atoms with Crippen molar-refractivity contribution in [1.29, 1.82) is 0 Å². The summed E-state index contributed by atoms with van der Waals surface area (Å²) >= 11 is 3.55. The van der Waals surface area contributed by atoms with Crippen LogP contribution in [0.15, 0.2) is 145 Å². The summed E-state index contributed by atoms with van der Waals surface area (Å²) in [7, 11) is 0. The molecule has 0 aliphatic carbocycles. The van der Waals surface area contributed by atoms with Gasteiger partial charge in [0.25, 0.3) is 0 Å². The lowest BCUT2D eigenvalue weighted by Crippen LogP contribution is -2.06. The number of hydrogen-bond acceptors (Lipinski definition) is 9. The Balaban J connectivity index is 0.000000212. The number of pyridine rings is 3. The molecule has 1 aliphatic rings. The van der Waals surface area contributed by atoms with Gasteiger partial charge in [-0.25, -0.2) is 15.0 Å². The number of thiophene rings is 1. The number of fused-ring (bicyclic) bond motifs is 2. The molecule has 0 N–H and O–H groups in total. The molecular formula is C59H80N6OS2. The molecule has 9 rings (SSSR count). The molecule has 0 bridgehead atoms. The first-order chi connectivity index (χ1) is 32.6. The summed E-state index contributed by atoms with van der Waals surface area (Å²) in [4.78, 5) is 26.7. The third-order valence-electron chi connectivity index (χ3n) is 10.9. The molecule has 2 aromatic carbocycles. The number of hydrogen-bond donors (Lipinski definition) is 0. The van der Waals surface area contributed by atoms with Gasteiger partial charge in [0.15, 0.2) is 0 Å². The van der Waals surface area contributed by atoms with E-state index in [1.54, 1.807) is 23.9 Å². The average Bonchev–Trinajstić information content (AvgIpc) is 4.19. The normalized spacial score (nSPS) is 12.8. The highest BCUT2D eigenvalue weighted by Crippen LogP contribution is 2.23. The van der Waals surface area contributed by atoms with Gasteiger partial charge in [0.1, 0.15) is 6.33 Å². The van der Waals surface area contributed by atoms with E-state index in [4.69, 9.17) is 4.74 Å². The summed E-state index contributed by atoms with van der Waals surface area (Å²) < 4.78 is 5.22. The van der Waals surface area contributed by atoms with Crippen LogP contribution >= 0.6 is 22.7 Å². The van der Waals surface area contributed by atoms with E-state index in [0.29, 0.717) is 35.5 Å². The zero-order valence-electron chi connectivity index (χ0n) is 43.5. The van der Waals surface area contributed by atoms with Crippen LogP contribution in [0, 0.1) is 11.8 Å². The molecule has 0 radical (unpaired) electrons. The second-order valence-corrected chi connectivity index (χ2v) is 20.8. The molecule has 364 valence electrons. The highest BCUT2D eigenvalue weighted by molar-refractivity contribution is 7.10. The van der Waals surface area contributed by atoms with Crippen molar-refractivity contribution in [3.05, 3.63) is 178 Å². The number of thiazole rings is 1. The predicted octanol–water partition coefficient (Wildman–Crippen LogP) is 17.3. The van der Waals surface area contributed by atoms with E-state index in [1.807, 2.05) is 71.7 Å². The Hall–Kier alpha value is -5.22. The molecule has 0 amide bonds. The number of rotatable bonds is 7. The Morgan fingerprint density at radius 2 is 1.16 bits per heavy atom. The van der Waals surface area contributed by atoms with Crippen LogP contribution in [-0.2, 0) is 4.74 Å². The molecule has 0 saturated carbocycles. The molecule has 8 aromatic rings. The Kier molecular flexibility index (Phi) is 26.7. The van der Waals surface area contributed by atoms with Crippen molar-refractivity contribution in [2.45, 2.75) is 139 Å². The van der Waals surface area contributed by atoms with Gasteiger partial charge in [0.2, 0.25) is 0 Å². The number of para-hydroxylation sites is 1. The molecule has 1 fully saturated rings. The number of benzene rings is 2. The monoisotopic (exact) mass is 953 g/mol. The number of aromatic nitrogens is 6. The fraction of sp³-hybridized carbons (Fsp3) is 0.424. The van der Waals surface area contributed by atoms with Crippen LogP contribution in [0.4, 0.5) is 0 Å². The summed E-state index contributed by atoms with van der Waals surface area (Å²) in [5, 5.41) is 9.13. The predicted molar refractivity (Wildman–Crippen MR) is 294 cm³/mol. The minimum Gasteiger partial charge on any atom is -0.381 e. The van der Waals surface area contributed by atoms with E-state index >= 15 is 0 Å². The molecule has 1 unspecified atom stereocenters. The van der Waals surface area contributed by atoms with Crippen LogP contribution in [0.5, 0.6) is 0 Å². The number of nitrogens with zero attached hydrogens (tertiary/aromatic N) is 6. The number of ether oxygens (including phenoxy) is 1. The van der Waals surface area contributed by atoms with Crippen molar-refractivity contribution >= 4 is 44.3 Å². The first-order valence-electron chi connectivity index (χ1n) is 24.4. The van der Waals surface area contributed by atoms with E-state index in [0.717, 1.165) is 42.0 Å². The van der Waals surface area contributed by atoms with E-state index in [9.17, 15) is 0 Å². The van der Waals surface area contributed by atoms with E-state index in [2.05, 4.69) is 199 Å². The first-order valence-corrected chi connectivity index (χ1v) is 26.2. The maximum Gasteiger partial charge on any atom is 0.115 e. The van der Waals surface area contributed by atoms with Crippen molar-refractivity contribution in [3.63, 3.8) is 0 Å². The van der Waals surface area contributed by atoms with Crippen LogP contribution < -0.4 is 0 Å². The van der Waals surface area contributed by atoms with Crippen LogP contribution in [0.1, 0.15) is 172 Å². The van der Waals surface area contributed by atoms with Gasteiger partial charge in [-0.1, -0.05) is 158 Å². The van der Waals surface area contributed by atoms with Gasteiger partial charge in [-0.3, -0.25) is 15.0 Å². The molecular weight excluding hydrogens is 873 g/mol. The van der Waals surface area contributed by atoms with Gasteiger partial charge < -0.3 is 4.74 Å². The molecule has 7 heterocycles. The Bertz CT molecular complexity index is 2370. The maximum atomic E-state index is 5.22. The minimum absolute atomic E-state index is 0.492. The van der Waals surface area contributed by atoms with Gasteiger partial charge in [-0.2, -0.15) is 0 Å². The molecule has 1 atom stereocenters. The Morgan fingerprint density at radius 3 is 1.62 bits per heavy atom. The largest absolute Gasteiger partial charge is 0.381 e. The van der Waals surface area contributed by atoms with E-state index in [-0.39, 0.29) is 0 Å². The van der Waals surface area contributed by atoms with Crippen molar-refractivity contribution in [2.75, 3.05) is 13.2 Å². The lowest BCUT2D eigenvalue weighted by Gasteiger charge is -2.09. The van der Waals surface area contributed by atoms with Gasteiger partial charge in [0, 0.05) is 82.0 Å². The summed E-state index contributed by atoms with van der Waals surface area (Å²) in [5.41, 5.74) is 5.72. The molecule has 1 saturated heterocycles. The zero-order valence-corrected chi connectivity index (χ0v) is 45.1. The molecule has 6 aromatic heterocycles. The quantitative estimate of drug-likeness (QED) is 0.157.